The zero-order valence-electron chi connectivity index (χ0n) is 12.3. The Labute approximate surface area is 126 Å². The van der Waals surface area contributed by atoms with Crippen molar-refractivity contribution in [3.8, 4) is 0 Å². The second kappa shape index (κ2) is 5.97. The minimum Gasteiger partial charge on any atom is -0.481 e. The van der Waals surface area contributed by atoms with Crippen molar-refractivity contribution in [2.75, 3.05) is 0 Å². The molecule has 1 N–H and O–H groups in total. The van der Waals surface area contributed by atoms with Gasteiger partial charge >= 0.3 is 5.97 Å². The number of carbonyl (C=O) groups is 1. The summed E-state index contributed by atoms with van der Waals surface area (Å²) in [5.74, 6) is -0.924. The van der Waals surface area contributed by atoms with Gasteiger partial charge < -0.3 is 9.67 Å². The van der Waals surface area contributed by atoms with Crippen molar-refractivity contribution in [3.05, 3.63) is 50.4 Å². The number of aliphatic carboxylic acids is 1. The maximum atomic E-state index is 12.5. The van der Waals surface area contributed by atoms with Crippen molar-refractivity contribution in [1.82, 2.24) is 4.57 Å². The molecule has 1 aromatic carbocycles. The second-order valence-corrected chi connectivity index (χ2v) is 5.26. The van der Waals surface area contributed by atoms with E-state index in [4.69, 9.17) is 5.11 Å². The molecule has 0 fully saturated rings. The van der Waals surface area contributed by atoms with Gasteiger partial charge in [0.15, 0.2) is 0 Å². The third kappa shape index (κ3) is 2.83. The van der Waals surface area contributed by atoms with E-state index in [0.29, 0.717) is 17.4 Å². The Hall–Kier alpha value is -2.70. The highest BCUT2D eigenvalue weighted by Gasteiger charge is 2.19. The number of rotatable bonds is 5. The summed E-state index contributed by atoms with van der Waals surface area (Å²) in [6.07, 6.45) is 1.76. The fourth-order valence-corrected chi connectivity index (χ4v) is 2.49. The Kier molecular flexibility index (Phi) is 4.25. The molecule has 0 bridgehead atoms. The van der Waals surface area contributed by atoms with Crippen LogP contribution in [0, 0.1) is 17.0 Å². The maximum Gasteiger partial charge on any atom is 0.303 e. The zero-order valence-corrected chi connectivity index (χ0v) is 12.3. The van der Waals surface area contributed by atoms with E-state index < -0.39 is 10.9 Å². The first-order chi connectivity index (χ1) is 10.3. The van der Waals surface area contributed by atoms with Crippen LogP contribution in [0.4, 0.5) is 5.69 Å². The molecule has 7 nitrogen and oxygen atoms in total. The predicted molar refractivity (Wildman–Crippen MR) is 81.2 cm³/mol. The number of fused-ring (bicyclic) bond motifs is 1. The lowest BCUT2D eigenvalue weighted by atomic mass is 10.1. The Morgan fingerprint density at radius 1 is 1.36 bits per heavy atom. The van der Waals surface area contributed by atoms with Gasteiger partial charge in [-0.1, -0.05) is 6.07 Å². The first kappa shape index (κ1) is 15.7. The summed E-state index contributed by atoms with van der Waals surface area (Å²) >= 11 is 0. The monoisotopic (exact) mass is 304 g/mol. The number of nitro groups is 1. The molecule has 0 unspecified atom stereocenters. The maximum absolute atomic E-state index is 12.5. The number of hydrogen-bond donors (Lipinski definition) is 1. The van der Waals surface area contributed by atoms with Crippen molar-refractivity contribution >= 4 is 22.4 Å². The van der Waals surface area contributed by atoms with Gasteiger partial charge in [-0.05, 0) is 32.4 Å². The molecule has 0 aliphatic rings. The molecule has 0 amide bonds. The number of aryl methyl sites for hydroxylation is 1. The number of hydrogen-bond acceptors (Lipinski definition) is 4. The van der Waals surface area contributed by atoms with Gasteiger partial charge in [-0.2, -0.15) is 0 Å². The molecular weight excluding hydrogens is 288 g/mol. The normalized spacial score (nSPS) is 12.3. The van der Waals surface area contributed by atoms with Gasteiger partial charge in [-0.25, -0.2) is 0 Å². The van der Waals surface area contributed by atoms with E-state index in [1.807, 2.05) is 0 Å². The molecule has 0 aliphatic carbocycles. The Bertz CT molecular complexity index is 809. The lowest BCUT2D eigenvalue weighted by Gasteiger charge is -2.15. The highest BCUT2D eigenvalue weighted by atomic mass is 16.6. The van der Waals surface area contributed by atoms with Crippen molar-refractivity contribution in [1.29, 1.82) is 0 Å². The molecule has 116 valence electrons. The standard InChI is InChI=1S/C15H16N2O5/c1-9-3-5-12-11(14(9)17(21)22)7-8-16(15(12)20)10(2)4-6-13(18)19/h3,5,7-8,10H,4,6H2,1-2H3,(H,18,19)/t10-/m1/s1. The molecule has 22 heavy (non-hydrogen) atoms. The minimum atomic E-state index is -0.924. The van der Waals surface area contributed by atoms with Gasteiger partial charge in [0.1, 0.15) is 0 Å². The van der Waals surface area contributed by atoms with Gasteiger partial charge in [0.25, 0.3) is 11.2 Å². The van der Waals surface area contributed by atoms with Crippen molar-refractivity contribution in [2.24, 2.45) is 0 Å². The Morgan fingerprint density at radius 3 is 2.64 bits per heavy atom. The smallest absolute Gasteiger partial charge is 0.303 e. The topological polar surface area (TPSA) is 102 Å². The summed E-state index contributed by atoms with van der Waals surface area (Å²) in [6.45, 7) is 3.37. The number of pyridine rings is 1. The average Bonchev–Trinajstić information content (AvgIpc) is 2.44. The fourth-order valence-electron chi connectivity index (χ4n) is 2.49. The lowest BCUT2D eigenvalue weighted by Crippen LogP contribution is -2.23. The number of aromatic nitrogens is 1. The van der Waals surface area contributed by atoms with Crippen LogP contribution in [-0.2, 0) is 4.79 Å². The van der Waals surface area contributed by atoms with Crippen molar-refractivity contribution in [2.45, 2.75) is 32.7 Å². The number of carboxylic acids is 1. The van der Waals surface area contributed by atoms with E-state index >= 15 is 0 Å². The second-order valence-electron chi connectivity index (χ2n) is 5.26. The molecule has 0 aliphatic heterocycles. The summed E-state index contributed by atoms with van der Waals surface area (Å²) in [7, 11) is 0. The van der Waals surface area contributed by atoms with Crippen LogP contribution in [0.5, 0.6) is 0 Å². The lowest BCUT2D eigenvalue weighted by molar-refractivity contribution is -0.383. The first-order valence-electron chi connectivity index (χ1n) is 6.83. The van der Waals surface area contributed by atoms with Crippen LogP contribution >= 0.6 is 0 Å². The summed E-state index contributed by atoms with van der Waals surface area (Å²) < 4.78 is 1.42. The van der Waals surface area contributed by atoms with Gasteiger partial charge in [-0.3, -0.25) is 19.7 Å². The van der Waals surface area contributed by atoms with Crippen LogP contribution in [0.1, 0.15) is 31.4 Å². The van der Waals surface area contributed by atoms with Crippen LogP contribution in [0.2, 0.25) is 0 Å². The molecule has 0 saturated heterocycles. The number of carboxylic acid groups (broad SMARTS) is 1. The molecule has 2 rings (SSSR count). The first-order valence-corrected chi connectivity index (χ1v) is 6.83. The van der Waals surface area contributed by atoms with Gasteiger partial charge in [0.05, 0.1) is 15.7 Å². The molecule has 0 saturated carbocycles. The fraction of sp³-hybridized carbons (Fsp3) is 0.333. The van der Waals surface area contributed by atoms with Gasteiger partial charge in [0.2, 0.25) is 0 Å². The van der Waals surface area contributed by atoms with Crippen LogP contribution in [0.3, 0.4) is 0 Å². The van der Waals surface area contributed by atoms with Gasteiger partial charge in [-0.15, -0.1) is 0 Å². The molecule has 1 aromatic heterocycles. The van der Waals surface area contributed by atoms with Crippen molar-refractivity contribution < 1.29 is 14.8 Å². The quantitative estimate of drug-likeness (QED) is 0.675. The van der Waals surface area contributed by atoms with E-state index in [2.05, 4.69) is 0 Å². The van der Waals surface area contributed by atoms with E-state index in [1.54, 1.807) is 32.0 Å². The van der Waals surface area contributed by atoms with E-state index in [-0.39, 0.29) is 29.1 Å². The van der Waals surface area contributed by atoms with E-state index in [0.717, 1.165) is 0 Å². The SMILES string of the molecule is Cc1ccc2c(=O)n([C@H](C)CCC(=O)O)ccc2c1[N+](=O)[O-]. The third-order valence-corrected chi connectivity index (χ3v) is 3.72. The predicted octanol–water partition coefficient (Wildman–Crippen LogP) is 2.64. The number of nitrogens with zero attached hydrogens (tertiary/aromatic N) is 2. The summed E-state index contributed by atoms with van der Waals surface area (Å²) in [4.78, 5) is 33.8. The number of nitro benzene ring substituents is 1. The average molecular weight is 304 g/mol. The van der Waals surface area contributed by atoms with Gasteiger partial charge in [0, 0.05) is 24.2 Å². The Balaban J connectivity index is 2.56. The molecule has 0 radical (unpaired) electrons. The summed E-state index contributed by atoms with van der Waals surface area (Å²) in [5, 5.41) is 20.5. The minimum absolute atomic E-state index is 0.0420. The molecular formula is C15H16N2O5. The largest absolute Gasteiger partial charge is 0.481 e. The van der Waals surface area contributed by atoms with Crippen LogP contribution in [0.25, 0.3) is 10.8 Å². The third-order valence-electron chi connectivity index (χ3n) is 3.72. The number of benzene rings is 1. The van der Waals surface area contributed by atoms with Crippen LogP contribution in [0.15, 0.2) is 29.2 Å². The molecule has 1 atom stereocenters. The summed E-state index contributed by atoms with van der Waals surface area (Å²) in [6, 6.07) is 4.36. The Morgan fingerprint density at radius 2 is 2.05 bits per heavy atom. The zero-order chi connectivity index (χ0) is 16.4. The van der Waals surface area contributed by atoms with Crippen molar-refractivity contribution in [3.63, 3.8) is 0 Å². The molecule has 2 aromatic rings. The van der Waals surface area contributed by atoms with E-state index in [1.165, 1.54) is 10.8 Å². The summed E-state index contributed by atoms with van der Waals surface area (Å²) in [5.41, 5.74) is 0.0759. The highest BCUT2D eigenvalue weighted by molar-refractivity contribution is 5.91. The van der Waals surface area contributed by atoms with Crippen LogP contribution < -0.4 is 5.56 Å². The van der Waals surface area contributed by atoms with E-state index in [9.17, 15) is 19.7 Å². The highest BCUT2D eigenvalue weighted by Crippen LogP contribution is 2.27. The molecule has 1 heterocycles. The molecule has 0 spiro atoms. The molecule has 7 heteroatoms. The van der Waals surface area contributed by atoms with Crippen LogP contribution in [-0.4, -0.2) is 20.6 Å².